The van der Waals surface area contributed by atoms with Crippen LogP contribution in [0.1, 0.15) is 29.3 Å². The van der Waals surface area contributed by atoms with Crippen molar-refractivity contribution in [1.29, 1.82) is 0 Å². The first-order valence-electron chi connectivity index (χ1n) is 8.30. The molecular weight excluding hydrogens is 322 g/mol. The number of thiazole rings is 1. The maximum Gasteiger partial charge on any atom is 0.273 e. The Kier molecular flexibility index (Phi) is 5.04. The van der Waals surface area contributed by atoms with E-state index >= 15 is 0 Å². The normalized spacial score (nSPS) is 15.1. The number of amides is 1. The SMILES string of the molecule is CC(C)Cc1nc(C(=O)N2CCN(c3ccc(O)cc3)CC2)cs1. The van der Waals surface area contributed by atoms with E-state index in [1.54, 1.807) is 23.5 Å². The number of carbonyl (C=O) groups is 1. The van der Waals surface area contributed by atoms with Crippen molar-refractivity contribution in [3.63, 3.8) is 0 Å². The standard InChI is InChI=1S/C18H23N3O2S/c1-13(2)11-17-19-16(12-24-17)18(23)21-9-7-20(8-10-21)14-3-5-15(22)6-4-14/h3-6,12-13,22H,7-11H2,1-2H3. The van der Waals surface area contributed by atoms with Crippen LogP contribution in [0.15, 0.2) is 29.6 Å². The summed E-state index contributed by atoms with van der Waals surface area (Å²) in [6.07, 6.45) is 0.923. The van der Waals surface area contributed by atoms with Crippen molar-refractivity contribution in [1.82, 2.24) is 9.88 Å². The van der Waals surface area contributed by atoms with Crippen LogP contribution < -0.4 is 4.90 Å². The fraction of sp³-hybridized carbons (Fsp3) is 0.444. The third kappa shape index (κ3) is 3.87. The van der Waals surface area contributed by atoms with Crippen molar-refractivity contribution in [3.8, 4) is 5.75 Å². The molecule has 1 aliphatic rings. The fourth-order valence-electron chi connectivity index (χ4n) is 2.85. The molecule has 2 aromatic rings. The van der Waals surface area contributed by atoms with E-state index < -0.39 is 0 Å². The highest BCUT2D eigenvalue weighted by molar-refractivity contribution is 7.09. The lowest BCUT2D eigenvalue weighted by Crippen LogP contribution is -2.48. The lowest BCUT2D eigenvalue weighted by molar-refractivity contribution is 0.0741. The number of aromatic nitrogens is 1. The molecule has 0 spiro atoms. The molecule has 6 heteroatoms. The third-order valence-electron chi connectivity index (χ3n) is 4.14. The fourth-order valence-corrected chi connectivity index (χ4v) is 3.83. The first-order valence-corrected chi connectivity index (χ1v) is 9.18. The zero-order valence-electron chi connectivity index (χ0n) is 14.1. The number of carbonyl (C=O) groups excluding carboxylic acids is 1. The molecule has 0 saturated carbocycles. The van der Waals surface area contributed by atoms with Crippen LogP contribution in [-0.2, 0) is 6.42 Å². The minimum Gasteiger partial charge on any atom is -0.508 e. The molecule has 1 aliphatic heterocycles. The predicted molar refractivity (Wildman–Crippen MR) is 96.9 cm³/mol. The van der Waals surface area contributed by atoms with Gasteiger partial charge in [0.05, 0.1) is 5.01 Å². The number of piperazine rings is 1. The number of hydrogen-bond donors (Lipinski definition) is 1. The molecule has 0 bridgehead atoms. The molecule has 128 valence electrons. The molecule has 0 atom stereocenters. The predicted octanol–water partition coefficient (Wildman–Crippen LogP) is 3.01. The topological polar surface area (TPSA) is 56.7 Å². The van der Waals surface area contributed by atoms with Crippen molar-refractivity contribution in [2.24, 2.45) is 5.92 Å². The number of anilines is 1. The molecule has 0 aliphatic carbocycles. The van der Waals surface area contributed by atoms with E-state index in [0.29, 0.717) is 24.7 Å². The van der Waals surface area contributed by atoms with Gasteiger partial charge in [-0.1, -0.05) is 13.8 Å². The quantitative estimate of drug-likeness (QED) is 0.925. The van der Waals surface area contributed by atoms with Gasteiger partial charge in [0.2, 0.25) is 0 Å². The highest BCUT2D eigenvalue weighted by Crippen LogP contribution is 2.21. The Balaban J connectivity index is 1.58. The monoisotopic (exact) mass is 345 g/mol. The average Bonchev–Trinajstić information content (AvgIpc) is 3.03. The molecule has 1 saturated heterocycles. The molecule has 0 radical (unpaired) electrons. The first-order chi connectivity index (χ1) is 11.5. The summed E-state index contributed by atoms with van der Waals surface area (Å²) < 4.78 is 0. The van der Waals surface area contributed by atoms with Crippen LogP contribution in [0, 0.1) is 5.92 Å². The summed E-state index contributed by atoms with van der Waals surface area (Å²) in [6.45, 7) is 7.28. The second-order valence-corrected chi connectivity index (χ2v) is 7.46. The maximum atomic E-state index is 12.6. The van der Waals surface area contributed by atoms with Gasteiger partial charge in [-0.05, 0) is 30.2 Å². The zero-order chi connectivity index (χ0) is 17.1. The molecule has 0 unspecified atom stereocenters. The Labute approximate surface area is 146 Å². The van der Waals surface area contributed by atoms with E-state index in [4.69, 9.17) is 0 Å². The summed E-state index contributed by atoms with van der Waals surface area (Å²) >= 11 is 1.58. The van der Waals surface area contributed by atoms with E-state index in [1.807, 2.05) is 22.4 Å². The smallest absolute Gasteiger partial charge is 0.273 e. The van der Waals surface area contributed by atoms with Crippen molar-refractivity contribution in [3.05, 3.63) is 40.3 Å². The minimum atomic E-state index is 0.0339. The third-order valence-corrected chi connectivity index (χ3v) is 5.01. The van der Waals surface area contributed by atoms with Gasteiger partial charge in [-0.25, -0.2) is 4.98 Å². The molecule has 1 N–H and O–H groups in total. The summed E-state index contributed by atoms with van der Waals surface area (Å²) in [6, 6.07) is 7.20. The Bertz CT molecular complexity index is 689. The molecule has 1 amide bonds. The molecule has 1 aromatic heterocycles. The van der Waals surface area contributed by atoms with Crippen LogP contribution in [0.2, 0.25) is 0 Å². The average molecular weight is 345 g/mol. The van der Waals surface area contributed by atoms with Crippen molar-refractivity contribution < 1.29 is 9.90 Å². The van der Waals surface area contributed by atoms with Gasteiger partial charge in [0, 0.05) is 43.7 Å². The molecule has 1 fully saturated rings. The highest BCUT2D eigenvalue weighted by Gasteiger charge is 2.24. The van der Waals surface area contributed by atoms with Crippen molar-refractivity contribution in [2.45, 2.75) is 20.3 Å². The molecule has 2 heterocycles. The first kappa shape index (κ1) is 16.8. The van der Waals surface area contributed by atoms with Crippen molar-refractivity contribution >= 4 is 22.9 Å². The minimum absolute atomic E-state index is 0.0339. The number of nitrogens with zero attached hydrogens (tertiary/aromatic N) is 3. The summed E-state index contributed by atoms with van der Waals surface area (Å²) in [5.41, 5.74) is 1.65. The van der Waals surface area contributed by atoms with Gasteiger partial charge in [0.1, 0.15) is 11.4 Å². The number of benzene rings is 1. The second-order valence-electron chi connectivity index (χ2n) is 6.52. The van der Waals surface area contributed by atoms with Gasteiger partial charge in [0.25, 0.3) is 5.91 Å². The lowest BCUT2D eigenvalue weighted by atomic mass is 10.1. The van der Waals surface area contributed by atoms with E-state index in [1.165, 1.54) is 0 Å². The van der Waals surface area contributed by atoms with Gasteiger partial charge in [-0.3, -0.25) is 4.79 Å². The maximum absolute atomic E-state index is 12.6. The number of hydrogen-bond acceptors (Lipinski definition) is 5. The van der Waals surface area contributed by atoms with Crippen LogP contribution in [-0.4, -0.2) is 47.1 Å². The number of phenols is 1. The van der Waals surface area contributed by atoms with Gasteiger partial charge < -0.3 is 14.9 Å². The highest BCUT2D eigenvalue weighted by atomic mass is 32.1. The lowest BCUT2D eigenvalue weighted by Gasteiger charge is -2.35. The summed E-state index contributed by atoms with van der Waals surface area (Å²) in [5, 5.41) is 12.3. The van der Waals surface area contributed by atoms with Gasteiger partial charge >= 0.3 is 0 Å². The van der Waals surface area contributed by atoms with E-state index in [-0.39, 0.29) is 11.7 Å². The molecule has 5 nitrogen and oxygen atoms in total. The van der Waals surface area contributed by atoms with Crippen LogP contribution in [0.5, 0.6) is 5.75 Å². The van der Waals surface area contributed by atoms with Gasteiger partial charge in [-0.15, -0.1) is 11.3 Å². The summed E-state index contributed by atoms with van der Waals surface area (Å²) in [4.78, 5) is 21.2. The van der Waals surface area contributed by atoms with Crippen LogP contribution in [0.3, 0.4) is 0 Å². The Morgan fingerprint density at radius 1 is 1.21 bits per heavy atom. The van der Waals surface area contributed by atoms with E-state index in [0.717, 1.165) is 30.2 Å². The van der Waals surface area contributed by atoms with Gasteiger partial charge in [0.15, 0.2) is 0 Å². The largest absolute Gasteiger partial charge is 0.508 e. The van der Waals surface area contributed by atoms with E-state index in [9.17, 15) is 9.90 Å². The van der Waals surface area contributed by atoms with Crippen LogP contribution in [0.25, 0.3) is 0 Å². The number of phenolic OH excluding ortho intramolecular Hbond substituents is 1. The zero-order valence-corrected chi connectivity index (χ0v) is 14.9. The number of rotatable bonds is 4. The molecule has 1 aromatic carbocycles. The second kappa shape index (κ2) is 7.21. The van der Waals surface area contributed by atoms with Crippen molar-refractivity contribution in [2.75, 3.05) is 31.1 Å². The Morgan fingerprint density at radius 2 is 1.88 bits per heavy atom. The number of aromatic hydroxyl groups is 1. The Hall–Kier alpha value is -2.08. The van der Waals surface area contributed by atoms with Gasteiger partial charge in [-0.2, -0.15) is 0 Å². The summed E-state index contributed by atoms with van der Waals surface area (Å²) in [5.74, 6) is 0.855. The molecule has 24 heavy (non-hydrogen) atoms. The van der Waals surface area contributed by atoms with Crippen LogP contribution >= 0.6 is 11.3 Å². The van der Waals surface area contributed by atoms with Crippen LogP contribution in [0.4, 0.5) is 5.69 Å². The van der Waals surface area contributed by atoms with E-state index in [2.05, 4.69) is 23.7 Å². The molecular formula is C18H23N3O2S. The molecule has 3 rings (SSSR count). The Morgan fingerprint density at radius 3 is 2.50 bits per heavy atom. The summed E-state index contributed by atoms with van der Waals surface area (Å²) in [7, 11) is 0.